The summed E-state index contributed by atoms with van der Waals surface area (Å²) in [5.41, 5.74) is 14.7. The van der Waals surface area contributed by atoms with E-state index in [1.165, 1.54) is 60.5 Å². The number of benzene rings is 8. The highest BCUT2D eigenvalue weighted by atomic mass is 14.9. The van der Waals surface area contributed by atoms with E-state index < -0.39 is 5.41 Å². The summed E-state index contributed by atoms with van der Waals surface area (Å²) >= 11 is 0. The first-order valence-electron chi connectivity index (χ1n) is 20.0. The van der Waals surface area contributed by atoms with Crippen molar-refractivity contribution in [2.45, 2.75) is 5.41 Å². The number of rotatable bonds is 4. The number of hydrogen-bond donors (Lipinski definition) is 0. The van der Waals surface area contributed by atoms with Gasteiger partial charge in [0, 0.05) is 34.6 Å². The van der Waals surface area contributed by atoms with E-state index in [4.69, 9.17) is 19.9 Å². The Hall–Kier alpha value is -7.82. The molecular formula is C55H34N4. The van der Waals surface area contributed by atoms with Gasteiger partial charge in [-0.15, -0.1) is 0 Å². The lowest BCUT2D eigenvalue weighted by Gasteiger charge is -2.36. The van der Waals surface area contributed by atoms with Crippen LogP contribution in [0.4, 0.5) is 0 Å². The first-order chi connectivity index (χ1) is 29.3. The van der Waals surface area contributed by atoms with Gasteiger partial charge in [-0.25, -0.2) is 19.9 Å². The quantitative estimate of drug-likeness (QED) is 0.168. The fraction of sp³-hybridized carbons (Fsp3) is 0.0182. The Morgan fingerprint density at radius 3 is 1.66 bits per heavy atom. The number of nitrogens with zero attached hydrogens (tertiary/aromatic N) is 4. The third-order valence-corrected chi connectivity index (χ3v) is 12.2. The average Bonchev–Trinajstić information content (AvgIpc) is 3.55. The molecule has 2 aliphatic carbocycles. The van der Waals surface area contributed by atoms with Gasteiger partial charge >= 0.3 is 0 Å². The monoisotopic (exact) mass is 750 g/mol. The fourth-order valence-corrected chi connectivity index (χ4v) is 9.68. The largest absolute Gasteiger partial charge is 0.236 e. The highest BCUT2D eigenvalue weighted by Crippen LogP contribution is 2.62. The molecule has 2 heterocycles. The Morgan fingerprint density at radius 2 is 0.915 bits per heavy atom. The summed E-state index contributed by atoms with van der Waals surface area (Å²) in [7, 11) is 0. The minimum Gasteiger partial charge on any atom is -0.236 e. The molecule has 0 radical (unpaired) electrons. The summed E-state index contributed by atoms with van der Waals surface area (Å²) in [5, 5.41) is 5.04. The van der Waals surface area contributed by atoms with Gasteiger partial charge in [-0.2, -0.15) is 0 Å². The zero-order valence-corrected chi connectivity index (χ0v) is 31.9. The van der Waals surface area contributed by atoms with Crippen LogP contribution in [0, 0.1) is 0 Å². The molecule has 0 fully saturated rings. The Labute approximate surface area is 341 Å². The van der Waals surface area contributed by atoms with Crippen molar-refractivity contribution in [1.82, 2.24) is 19.9 Å². The molecule has 4 nitrogen and oxygen atoms in total. The number of hydrogen-bond acceptors (Lipinski definition) is 4. The third-order valence-electron chi connectivity index (χ3n) is 12.2. The molecule has 12 rings (SSSR count). The molecule has 4 heteroatoms. The zero-order valence-electron chi connectivity index (χ0n) is 31.9. The van der Waals surface area contributed by atoms with Gasteiger partial charge in [-0.1, -0.05) is 182 Å². The van der Waals surface area contributed by atoms with Gasteiger partial charge in [0.15, 0.2) is 11.6 Å². The predicted molar refractivity (Wildman–Crippen MR) is 241 cm³/mol. The van der Waals surface area contributed by atoms with Gasteiger partial charge in [-0.3, -0.25) is 0 Å². The molecule has 1 atom stereocenters. The van der Waals surface area contributed by atoms with Crippen molar-refractivity contribution in [3.05, 3.63) is 228 Å². The van der Waals surface area contributed by atoms with Gasteiger partial charge in [0.2, 0.25) is 0 Å². The van der Waals surface area contributed by atoms with Crippen molar-refractivity contribution in [3.8, 4) is 56.4 Å². The van der Waals surface area contributed by atoms with E-state index in [9.17, 15) is 0 Å². The second-order valence-electron chi connectivity index (χ2n) is 15.3. The van der Waals surface area contributed by atoms with E-state index in [0.717, 1.165) is 39.2 Å². The molecule has 10 aromatic rings. The smallest absolute Gasteiger partial charge is 0.160 e. The van der Waals surface area contributed by atoms with E-state index in [1.54, 1.807) is 0 Å². The molecule has 0 aliphatic heterocycles. The maximum atomic E-state index is 5.31. The van der Waals surface area contributed by atoms with Crippen LogP contribution in [0.5, 0.6) is 0 Å². The molecule has 0 saturated carbocycles. The van der Waals surface area contributed by atoms with E-state index in [-0.39, 0.29) is 0 Å². The van der Waals surface area contributed by atoms with Gasteiger partial charge in [-0.05, 0) is 78.2 Å². The number of fused-ring (bicyclic) bond motifs is 14. The lowest BCUT2D eigenvalue weighted by Crippen LogP contribution is -2.30. The maximum Gasteiger partial charge on any atom is 0.160 e. The fourth-order valence-electron chi connectivity index (χ4n) is 9.68. The Bertz CT molecular complexity index is 3320. The minimum atomic E-state index is -0.651. The van der Waals surface area contributed by atoms with E-state index >= 15 is 0 Å². The van der Waals surface area contributed by atoms with Crippen LogP contribution in [0.25, 0.3) is 90.1 Å². The van der Waals surface area contributed by atoms with Crippen LogP contribution in [0.2, 0.25) is 0 Å². The summed E-state index contributed by atoms with van der Waals surface area (Å²) in [6.07, 6.45) is 8.31. The van der Waals surface area contributed by atoms with E-state index in [1.807, 2.05) is 67.0 Å². The molecule has 1 unspecified atom stereocenters. The maximum absolute atomic E-state index is 5.31. The Balaban J connectivity index is 1.14. The van der Waals surface area contributed by atoms with Gasteiger partial charge in [0.25, 0.3) is 0 Å². The van der Waals surface area contributed by atoms with Crippen molar-refractivity contribution in [2.24, 2.45) is 0 Å². The second-order valence-corrected chi connectivity index (χ2v) is 15.3. The second kappa shape index (κ2) is 13.1. The van der Waals surface area contributed by atoms with Gasteiger partial charge < -0.3 is 0 Å². The summed E-state index contributed by atoms with van der Waals surface area (Å²) in [5.74, 6) is 1.32. The zero-order chi connectivity index (χ0) is 38.9. The minimum absolute atomic E-state index is 0.642. The Kier molecular flexibility index (Phi) is 7.41. The average molecular weight is 751 g/mol. The molecule has 2 aromatic heterocycles. The van der Waals surface area contributed by atoms with Crippen molar-refractivity contribution in [2.75, 3.05) is 0 Å². The van der Waals surface area contributed by atoms with Crippen LogP contribution in [0.3, 0.4) is 0 Å². The van der Waals surface area contributed by atoms with Crippen LogP contribution >= 0.6 is 0 Å². The number of aromatic nitrogens is 4. The molecule has 0 amide bonds. The molecule has 0 saturated heterocycles. The van der Waals surface area contributed by atoms with Crippen molar-refractivity contribution in [1.29, 1.82) is 0 Å². The molecule has 0 N–H and O–H groups in total. The van der Waals surface area contributed by atoms with Crippen LogP contribution in [-0.2, 0) is 5.41 Å². The molecule has 2 aliphatic rings. The van der Waals surface area contributed by atoms with Crippen molar-refractivity contribution < 1.29 is 0 Å². The van der Waals surface area contributed by atoms with Crippen molar-refractivity contribution in [3.63, 3.8) is 0 Å². The highest BCUT2D eigenvalue weighted by Gasteiger charge is 2.50. The molecule has 8 aromatic carbocycles. The first-order valence-corrected chi connectivity index (χ1v) is 20.0. The topological polar surface area (TPSA) is 51.6 Å². The van der Waals surface area contributed by atoms with Gasteiger partial charge in [0.1, 0.15) is 0 Å². The lowest BCUT2D eigenvalue weighted by molar-refractivity contribution is 0.774. The summed E-state index contributed by atoms with van der Waals surface area (Å²) in [4.78, 5) is 20.2. The van der Waals surface area contributed by atoms with Gasteiger partial charge in [0.05, 0.1) is 16.8 Å². The predicted octanol–water partition coefficient (Wildman–Crippen LogP) is 13.1. The van der Waals surface area contributed by atoms with Crippen LogP contribution in [0.15, 0.2) is 194 Å². The lowest BCUT2D eigenvalue weighted by atomic mass is 9.64. The van der Waals surface area contributed by atoms with Crippen LogP contribution in [-0.4, -0.2) is 19.9 Å². The third kappa shape index (κ3) is 5.03. The standard InChI is InChI=1S/C55H34N4/c1-3-16-37(17-4-1)49-32-50(40-33-56-53(57-34-40)38-18-5-2-6-19-38)59-54(58-49)39-30-29-36-28-27-35-15-7-13-25-46(35)55(48(36)31-39)47-26-14-12-24-45(47)51-43-22-10-8-20-41(43)42-21-9-11-23-44(42)52(51)55/h1-34H. The molecule has 1 spiro atoms. The molecule has 0 bridgehead atoms. The molecule has 274 valence electrons. The molecular weight excluding hydrogens is 717 g/mol. The van der Waals surface area contributed by atoms with E-state index in [2.05, 4.69) is 140 Å². The van der Waals surface area contributed by atoms with Crippen LogP contribution < -0.4 is 0 Å². The first kappa shape index (κ1) is 33.3. The molecule has 59 heavy (non-hydrogen) atoms. The Morgan fingerprint density at radius 1 is 0.356 bits per heavy atom. The van der Waals surface area contributed by atoms with Crippen molar-refractivity contribution >= 4 is 33.7 Å². The SMILES string of the molecule is C1=Cc2ccc(-c3nc(-c4ccccc4)cc(-c4cnc(-c5ccccc5)nc4)n3)cc2C2(c3ccccc31)c1ccccc1-c1c2c2ccccc2c2ccccc12. The summed E-state index contributed by atoms with van der Waals surface area (Å²) in [6, 6.07) is 65.1. The highest BCUT2D eigenvalue weighted by molar-refractivity contribution is 6.19. The van der Waals surface area contributed by atoms with Crippen LogP contribution in [0.1, 0.15) is 33.4 Å². The van der Waals surface area contributed by atoms with E-state index in [0.29, 0.717) is 11.6 Å². The summed E-state index contributed by atoms with van der Waals surface area (Å²) < 4.78 is 0. The normalized spacial score (nSPS) is 14.8. The summed E-state index contributed by atoms with van der Waals surface area (Å²) in [6.45, 7) is 0.